The van der Waals surface area contributed by atoms with Gasteiger partial charge in [0.05, 0.1) is 6.54 Å². The third-order valence-corrected chi connectivity index (χ3v) is 5.01. The summed E-state index contributed by atoms with van der Waals surface area (Å²) in [7, 11) is 0. The molecule has 0 fully saturated rings. The SMILES string of the molecule is Nc1cc(C(=O)NCc2sccc2Br)ccc1Br. The molecule has 0 aliphatic carbocycles. The lowest BCUT2D eigenvalue weighted by molar-refractivity contribution is 0.0951. The summed E-state index contributed by atoms with van der Waals surface area (Å²) in [4.78, 5) is 13.0. The number of hydrogen-bond donors (Lipinski definition) is 2. The number of thiophene rings is 1. The molecule has 0 saturated carbocycles. The molecule has 2 aromatic rings. The standard InChI is InChI=1S/C12H10Br2N2OS/c13-8-2-1-7(5-10(8)15)12(17)16-6-11-9(14)3-4-18-11/h1-5H,6,15H2,(H,16,17). The Balaban J connectivity index is 2.04. The first kappa shape index (κ1) is 13.6. The summed E-state index contributed by atoms with van der Waals surface area (Å²) < 4.78 is 1.81. The zero-order chi connectivity index (χ0) is 13.1. The molecular formula is C12H10Br2N2OS. The number of nitrogen functional groups attached to an aromatic ring is 1. The number of nitrogens with one attached hydrogen (secondary N) is 1. The number of rotatable bonds is 3. The van der Waals surface area contributed by atoms with Crippen LogP contribution in [0.4, 0.5) is 5.69 Å². The minimum atomic E-state index is -0.130. The van der Waals surface area contributed by atoms with E-state index < -0.39 is 0 Å². The Hall–Kier alpha value is -0.850. The van der Waals surface area contributed by atoms with E-state index in [2.05, 4.69) is 37.2 Å². The van der Waals surface area contributed by atoms with Crippen LogP contribution in [-0.4, -0.2) is 5.91 Å². The van der Waals surface area contributed by atoms with Gasteiger partial charge in [0.25, 0.3) is 5.91 Å². The number of benzene rings is 1. The molecule has 94 valence electrons. The molecule has 0 aliphatic rings. The summed E-state index contributed by atoms with van der Waals surface area (Å²) in [5, 5.41) is 4.83. The predicted octanol–water partition coefficient (Wildman–Crippen LogP) is 3.79. The van der Waals surface area contributed by atoms with Crippen LogP contribution < -0.4 is 11.1 Å². The van der Waals surface area contributed by atoms with Crippen molar-refractivity contribution < 1.29 is 4.79 Å². The quantitative estimate of drug-likeness (QED) is 0.784. The van der Waals surface area contributed by atoms with Gasteiger partial charge in [-0.1, -0.05) is 0 Å². The minimum absolute atomic E-state index is 0.130. The molecule has 0 radical (unpaired) electrons. The molecule has 18 heavy (non-hydrogen) atoms. The molecule has 2 rings (SSSR count). The summed E-state index contributed by atoms with van der Waals surface area (Å²) >= 11 is 8.32. The zero-order valence-electron chi connectivity index (χ0n) is 9.24. The summed E-state index contributed by atoms with van der Waals surface area (Å²) in [6, 6.07) is 7.12. The van der Waals surface area contributed by atoms with Gasteiger partial charge in [-0.15, -0.1) is 11.3 Å². The molecule has 0 saturated heterocycles. The molecule has 0 unspecified atom stereocenters. The van der Waals surface area contributed by atoms with E-state index in [1.54, 1.807) is 29.5 Å². The van der Waals surface area contributed by atoms with Gasteiger partial charge in [0, 0.05) is 25.1 Å². The van der Waals surface area contributed by atoms with E-state index in [0.29, 0.717) is 17.8 Å². The fourth-order valence-corrected chi connectivity index (χ4v) is 3.08. The second-order valence-corrected chi connectivity index (χ2v) is 6.32. The van der Waals surface area contributed by atoms with E-state index in [4.69, 9.17) is 5.73 Å². The Bertz CT molecular complexity index is 583. The van der Waals surface area contributed by atoms with Crippen molar-refractivity contribution in [3.05, 3.63) is 49.0 Å². The van der Waals surface area contributed by atoms with E-state index in [-0.39, 0.29) is 5.91 Å². The van der Waals surface area contributed by atoms with E-state index in [9.17, 15) is 4.79 Å². The first-order valence-electron chi connectivity index (χ1n) is 5.13. The maximum Gasteiger partial charge on any atom is 0.251 e. The van der Waals surface area contributed by atoms with Gasteiger partial charge in [-0.25, -0.2) is 0 Å². The lowest BCUT2D eigenvalue weighted by Crippen LogP contribution is -2.22. The summed E-state index contributed by atoms with van der Waals surface area (Å²) in [6.07, 6.45) is 0. The van der Waals surface area contributed by atoms with Gasteiger partial charge < -0.3 is 11.1 Å². The first-order chi connectivity index (χ1) is 8.58. The molecule has 0 bridgehead atoms. The van der Waals surface area contributed by atoms with Crippen molar-refractivity contribution in [3.8, 4) is 0 Å². The van der Waals surface area contributed by atoms with Crippen molar-refractivity contribution in [3.63, 3.8) is 0 Å². The van der Waals surface area contributed by atoms with Crippen molar-refractivity contribution in [2.75, 3.05) is 5.73 Å². The average molecular weight is 390 g/mol. The van der Waals surface area contributed by atoms with E-state index in [1.165, 1.54) is 0 Å². The Morgan fingerprint density at radius 3 is 2.67 bits per heavy atom. The van der Waals surface area contributed by atoms with Crippen LogP contribution in [0.25, 0.3) is 0 Å². The van der Waals surface area contributed by atoms with Gasteiger partial charge in [0.15, 0.2) is 0 Å². The van der Waals surface area contributed by atoms with Crippen LogP contribution in [0.1, 0.15) is 15.2 Å². The third-order valence-electron chi connectivity index (χ3n) is 2.36. The van der Waals surface area contributed by atoms with Crippen molar-refractivity contribution in [1.29, 1.82) is 0 Å². The highest BCUT2D eigenvalue weighted by atomic mass is 79.9. The molecule has 6 heteroatoms. The summed E-state index contributed by atoms with van der Waals surface area (Å²) in [6.45, 7) is 0.507. The molecule has 0 spiro atoms. The molecule has 1 amide bonds. The Kier molecular flexibility index (Phi) is 4.42. The number of anilines is 1. The largest absolute Gasteiger partial charge is 0.398 e. The zero-order valence-corrected chi connectivity index (χ0v) is 13.2. The molecule has 1 aromatic carbocycles. The Morgan fingerprint density at radius 1 is 1.28 bits per heavy atom. The molecule has 0 atom stereocenters. The highest BCUT2D eigenvalue weighted by molar-refractivity contribution is 9.11. The molecule has 1 heterocycles. The number of carbonyl (C=O) groups is 1. The lowest BCUT2D eigenvalue weighted by atomic mass is 10.2. The highest BCUT2D eigenvalue weighted by Crippen LogP contribution is 2.23. The van der Waals surface area contributed by atoms with E-state index in [0.717, 1.165) is 13.8 Å². The van der Waals surface area contributed by atoms with Crippen LogP contribution in [0.15, 0.2) is 38.6 Å². The fraction of sp³-hybridized carbons (Fsp3) is 0.0833. The number of carbonyl (C=O) groups excluding carboxylic acids is 1. The Labute approximate surface area is 126 Å². The van der Waals surface area contributed by atoms with Gasteiger partial charge in [-0.05, 0) is 61.5 Å². The maximum atomic E-state index is 11.9. The Morgan fingerprint density at radius 2 is 2.06 bits per heavy atom. The topological polar surface area (TPSA) is 55.1 Å². The van der Waals surface area contributed by atoms with Crippen LogP contribution >= 0.6 is 43.2 Å². The monoisotopic (exact) mass is 388 g/mol. The average Bonchev–Trinajstić information content (AvgIpc) is 2.75. The molecule has 3 nitrogen and oxygen atoms in total. The molecule has 3 N–H and O–H groups in total. The normalized spacial score (nSPS) is 10.3. The van der Waals surface area contributed by atoms with Crippen molar-refractivity contribution in [2.45, 2.75) is 6.54 Å². The van der Waals surface area contributed by atoms with Gasteiger partial charge in [0.2, 0.25) is 0 Å². The third kappa shape index (κ3) is 3.13. The van der Waals surface area contributed by atoms with Crippen LogP contribution in [0, 0.1) is 0 Å². The summed E-state index contributed by atoms with van der Waals surface area (Å²) in [5.41, 5.74) is 6.86. The second-order valence-electron chi connectivity index (χ2n) is 3.61. The number of nitrogens with two attached hydrogens (primary N) is 1. The van der Waals surface area contributed by atoms with Crippen LogP contribution in [-0.2, 0) is 6.54 Å². The number of halogens is 2. The van der Waals surface area contributed by atoms with Gasteiger partial charge in [-0.3, -0.25) is 4.79 Å². The van der Waals surface area contributed by atoms with E-state index in [1.807, 2.05) is 11.4 Å². The van der Waals surface area contributed by atoms with Crippen molar-refractivity contribution in [1.82, 2.24) is 5.32 Å². The smallest absolute Gasteiger partial charge is 0.251 e. The highest BCUT2D eigenvalue weighted by Gasteiger charge is 2.08. The van der Waals surface area contributed by atoms with Gasteiger partial charge in [-0.2, -0.15) is 0 Å². The molecule has 0 aliphatic heterocycles. The van der Waals surface area contributed by atoms with E-state index >= 15 is 0 Å². The van der Waals surface area contributed by atoms with Crippen LogP contribution in [0.2, 0.25) is 0 Å². The molecular weight excluding hydrogens is 380 g/mol. The maximum absolute atomic E-state index is 11.9. The fourth-order valence-electron chi connectivity index (χ4n) is 1.40. The predicted molar refractivity (Wildman–Crippen MR) is 81.7 cm³/mol. The first-order valence-corrected chi connectivity index (χ1v) is 7.59. The number of hydrogen-bond acceptors (Lipinski definition) is 3. The van der Waals surface area contributed by atoms with Gasteiger partial charge >= 0.3 is 0 Å². The summed E-state index contributed by atoms with van der Waals surface area (Å²) in [5.74, 6) is -0.130. The van der Waals surface area contributed by atoms with Crippen molar-refractivity contribution in [2.24, 2.45) is 0 Å². The minimum Gasteiger partial charge on any atom is -0.398 e. The lowest BCUT2D eigenvalue weighted by Gasteiger charge is -2.06. The van der Waals surface area contributed by atoms with Crippen LogP contribution in [0.3, 0.4) is 0 Å². The number of amides is 1. The van der Waals surface area contributed by atoms with Gasteiger partial charge in [0.1, 0.15) is 0 Å². The second kappa shape index (κ2) is 5.86. The molecule has 1 aromatic heterocycles. The van der Waals surface area contributed by atoms with Crippen LogP contribution in [0.5, 0.6) is 0 Å². The van der Waals surface area contributed by atoms with Crippen molar-refractivity contribution >= 4 is 54.8 Å².